The number of ether oxygens (including phenoxy) is 5. The molecule has 0 saturated carbocycles. The van der Waals surface area contributed by atoms with Crippen LogP contribution in [0.5, 0.6) is 34.5 Å². The molecule has 0 radical (unpaired) electrons. The Kier molecular flexibility index (Phi) is 8.03. The van der Waals surface area contributed by atoms with E-state index in [0.717, 1.165) is 17.7 Å². The summed E-state index contributed by atoms with van der Waals surface area (Å²) in [6.45, 7) is 1.79. The lowest BCUT2D eigenvalue weighted by atomic mass is 10.1. The monoisotopic (exact) mass is 556 g/mol. The third-order valence-electron chi connectivity index (χ3n) is 5.64. The van der Waals surface area contributed by atoms with Crippen LogP contribution >= 0.6 is 0 Å². The maximum absolute atomic E-state index is 13.8. The van der Waals surface area contributed by atoms with E-state index in [-0.39, 0.29) is 16.9 Å². The van der Waals surface area contributed by atoms with Crippen molar-refractivity contribution in [2.45, 2.75) is 13.1 Å². The number of carbonyl (C=O) groups excluding carboxylic acids is 1. The number of hydrogen-bond donors (Lipinski definition) is 0. The summed E-state index contributed by atoms with van der Waals surface area (Å²) in [5.41, 5.74) is -0.0944. The second kappa shape index (κ2) is 11.4. The van der Waals surface area contributed by atoms with E-state index < -0.39 is 34.7 Å². The Labute approximate surface area is 226 Å². The van der Waals surface area contributed by atoms with Crippen molar-refractivity contribution in [3.8, 4) is 34.5 Å². The summed E-state index contributed by atoms with van der Waals surface area (Å²) in [5.74, 6) is -2.46. The zero-order valence-electron chi connectivity index (χ0n) is 21.8. The highest BCUT2D eigenvalue weighted by Gasteiger charge is 2.40. The number of aryl methyl sites for hydroxylation is 1. The van der Waals surface area contributed by atoms with Crippen LogP contribution in [0.1, 0.15) is 16.9 Å². The van der Waals surface area contributed by atoms with Gasteiger partial charge in [0.15, 0.2) is 11.5 Å². The van der Waals surface area contributed by atoms with Gasteiger partial charge in [-0.1, -0.05) is 17.7 Å². The van der Waals surface area contributed by atoms with Gasteiger partial charge in [-0.05, 0) is 55.0 Å². The Balaban J connectivity index is 1.63. The van der Waals surface area contributed by atoms with E-state index in [4.69, 9.17) is 28.1 Å². The fourth-order valence-corrected chi connectivity index (χ4v) is 3.74. The van der Waals surface area contributed by atoms with Crippen LogP contribution in [-0.2, 0) is 11.0 Å². The van der Waals surface area contributed by atoms with Crippen molar-refractivity contribution < 1.29 is 46.1 Å². The van der Waals surface area contributed by atoms with Gasteiger partial charge in [0.2, 0.25) is 16.9 Å². The lowest BCUT2D eigenvalue weighted by Gasteiger charge is -2.13. The molecule has 1 aromatic heterocycles. The molecule has 0 aliphatic rings. The molecule has 3 aromatic carbocycles. The normalized spacial score (nSPS) is 11.5. The van der Waals surface area contributed by atoms with Gasteiger partial charge in [0.05, 0.1) is 26.7 Å². The highest BCUT2D eigenvalue weighted by atomic mass is 19.4. The summed E-state index contributed by atoms with van der Waals surface area (Å²) in [6.07, 6.45) is -2.52. The number of esters is 1. The van der Waals surface area contributed by atoms with E-state index in [1.165, 1.54) is 51.7 Å². The Morgan fingerprint density at radius 3 is 2.05 bits per heavy atom. The molecule has 0 atom stereocenters. The van der Waals surface area contributed by atoms with E-state index in [2.05, 4.69) is 0 Å². The van der Waals surface area contributed by atoms with Gasteiger partial charge < -0.3 is 28.1 Å². The van der Waals surface area contributed by atoms with Crippen molar-refractivity contribution >= 4 is 23.0 Å². The fourth-order valence-electron chi connectivity index (χ4n) is 3.74. The van der Waals surface area contributed by atoms with Crippen LogP contribution in [0.3, 0.4) is 0 Å². The number of halogens is 3. The Morgan fingerprint density at radius 2 is 1.48 bits per heavy atom. The van der Waals surface area contributed by atoms with E-state index in [9.17, 15) is 22.8 Å². The Hall–Kier alpha value is -4.93. The van der Waals surface area contributed by atoms with Crippen molar-refractivity contribution in [3.05, 3.63) is 87.8 Å². The quantitative estimate of drug-likeness (QED) is 0.137. The van der Waals surface area contributed by atoms with Gasteiger partial charge in [-0.3, -0.25) is 4.79 Å². The predicted molar refractivity (Wildman–Crippen MR) is 140 cm³/mol. The van der Waals surface area contributed by atoms with Crippen molar-refractivity contribution in [1.82, 2.24) is 0 Å². The molecule has 4 aromatic rings. The minimum atomic E-state index is -5.04. The third-order valence-corrected chi connectivity index (χ3v) is 5.64. The van der Waals surface area contributed by atoms with Crippen LogP contribution in [0.4, 0.5) is 13.2 Å². The molecule has 208 valence electrons. The third kappa shape index (κ3) is 6.04. The number of methoxy groups -OCH3 is 3. The van der Waals surface area contributed by atoms with Crippen molar-refractivity contribution in [1.29, 1.82) is 0 Å². The summed E-state index contributed by atoms with van der Waals surface area (Å²) in [6, 6.07) is 12.8. The summed E-state index contributed by atoms with van der Waals surface area (Å²) >= 11 is 0. The number of benzene rings is 3. The zero-order chi connectivity index (χ0) is 29.0. The first kappa shape index (κ1) is 28.1. The smallest absolute Gasteiger partial charge is 0.453 e. The average Bonchev–Trinajstić information content (AvgIpc) is 2.93. The zero-order valence-corrected chi connectivity index (χ0v) is 21.8. The molecule has 0 unspecified atom stereocenters. The van der Waals surface area contributed by atoms with Gasteiger partial charge in [-0.2, -0.15) is 13.2 Å². The molecule has 0 amide bonds. The minimum Gasteiger partial charge on any atom is -0.493 e. The number of carbonyl (C=O) groups is 1. The van der Waals surface area contributed by atoms with Gasteiger partial charge >= 0.3 is 12.1 Å². The lowest BCUT2D eigenvalue weighted by Crippen LogP contribution is -2.15. The molecular formula is C29H23F3O8. The average molecular weight is 556 g/mol. The van der Waals surface area contributed by atoms with E-state index in [0.29, 0.717) is 22.8 Å². The van der Waals surface area contributed by atoms with E-state index in [1.54, 1.807) is 31.2 Å². The molecule has 0 aliphatic heterocycles. The predicted octanol–water partition coefficient (Wildman–Crippen LogP) is 6.56. The number of alkyl halides is 3. The highest BCUT2D eigenvalue weighted by molar-refractivity contribution is 5.90. The van der Waals surface area contributed by atoms with Crippen molar-refractivity contribution in [3.63, 3.8) is 0 Å². The molecule has 8 nitrogen and oxygen atoms in total. The molecule has 4 rings (SSSR count). The minimum absolute atomic E-state index is 0.0344. The van der Waals surface area contributed by atoms with Gasteiger partial charge in [-0.15, -0.1) is 0 Å². The maximum atomic E-state index is 13.8. The van der Waals surface area contributed by atoms with Gasteiger partial charge in [0.1, 0.15) is 17.1 Å². The molecule has 0 saturated heterocycles. The van der Waals surface area contributed by atoms with Crippen LogP contribution in [-0.4, -0.2) is 27.3 Å². The lowest BCUT2D eigenvalue weighted by molar-refractivity contribution is -0.154. The molecule has 0 N–H and O–H groups in total. The summed E-state index contributed by atoms with van der Waals surface area (Å²) in [7, 11) is 4.34. The largest absolute Gasteiger partial charge is 0.493 e. The Morgan fingerprint density at radius 1 is 0.850 bits per heavy atom. The van der Waals surface area contributed by atoms with Gasteiger partial charge in [-0.25, -0.2) is 4.79 Å². The van der Waals surface area contributed by atoms with Gasteiger partial charge in [0, 0.05) is 12.1 Å². The SMILES string of the molecule is COc1cc(/C=C/C(=O)Oc2ccc3c(=O)c(Oc4ccc(C)cc4)c(C(F)(F)F)oc3c2)cc(OC)c1OC. The second-order valence-electron chi connectivity index (χ2n) is 8.37. The van der Waals surface area contributed by atoms with Crippen LogP contribution in [0.25, 0.3) is 17.0 Å². The first-order chi connectivity index (χ1) is 19.0. The number of fused-ring (bicyclic) bond motifs is 1. The van der Waals surface area contributed by atoms with Gasteiger partial charge in [0.25, 0.3) is 5.76 Å². The fraction of sp³-hybridized carbons (Fsp3) is 0.172. The molecule has 11 heteroatoms. The molecule has 0 fully saturated rings. The van der Waals surface area contributed by atoms with Crippen molar-refractivity contribution in [2.24, 2.45) is 0 Å². The number of rotatable bonds is 8. The summed E-state index contributed by atoms with van der Waals surface area (Å²) < 4.78 is 72.8. The van der Waals surface area contributed by atoms with Crippen molar-refractivity contribution in [2.75, 3.05) is 21.3 Å². The van der Waals surface area contributed by atoms with Crippen LogP contribution in [0.15, 0.2) is 69.9 Å². The Bertz CT molecular complexity index is 1610. The molecule has 40 heavy (non-hydrogen) atoms. The van der Waals surface area contributed by atoms with Crippen LogP contribution in [0.2, 0.25) is 0 Å². The van der Waals surface area contributed by atoms with E-state index in [1.807, 2.05) is 0 Å². The van der Waals surface area contributed by atoms with Crippen LogP contribution in [0, 0.1) is 6.92 Å². The molecular weight excluding hydrogens is 533 g/mol. The summed E-state index contributed by atoms with van der Waals surface area (Å²) in [4.78, 5) is 25.4. The van der Waals surface area contributed by atoms with E-state index >= 15 is 0 Å². The highest BCUT2D eigenvalue weighted by Crippen LogP contribution is 2.40. The molecule has 0 bridgehead atoms. The molecule has 0 spiro atoms. The first-order valence-corrected chi connectivity index (χ1v) is 11.7. The maximum Gasteiger partial charge on any atom is 0.453 e. The summed E-state index contributed by atoms with van der Waals surface area (Å²) in [5, 5.41) is -0.192. The molecule has 1 heterocycles. The molecule has 0 aliphatic carbocycles. The standard InChI is InChI=1S/C29H23F3O8/c1-16-5-8-18(9-6-16)39-27-25(34)20-11-10-19(15-21(20)40-28(27)29(30,31)32)38-24(33)12-7-17-13-22(35-2)26(37-4)23(14-17)36-3/h5-15H,1-4H3/b12-7+. The van der Waals surface area contributed by atoms with Crippen LogP contribution < -0.4 is 29.1 Å². The second-order valence-corrected chi connectivity index (χ2v) is 8.37. The topological polar surface area (TPSA) is 93.4 Å². The first-order valence-electron chi connectivity index (χ1n) is 11.7. The number of hydrogen-bond acceptors (Lipinski definition) is 8.